The van der Waals surface area contributed by atoms with Crippen LogP contribution in [-0.2, 0) is 4.79 Å². The molecule has 0 unspecified atom stereocenters. The van der Waals surface area contributed by atoms with Crippen LogP contribution < -0.4 is 10.6 Å². The number of hydrogen-bond donors (Lipinski definition) is 3. The molecule has 0 heterocycles. The first-order chi connectivity index (χ1) is 12.6. The van der Waals surface area contributed by atoms with E-state index in [4.69, 9.17) is 5.26 Å². The molecule has 0 saturated heterocycles. The molecule has 0 aliphatic heterocycles. The molecular weight excluding hydrogens is 330 g/mol. The van der Waals surface area contributed by atoms with E-state index in [1.54, 1.807) is 24.3 Å². The predicted octanol–water partition coefficient (Wildman–Crippen LogP) is 2.79. The average Bonchev–Trinajstić information content (AvgIpc) is 2.65. The largest absolute Gasteiger partial charge is 0.507 e. The van der Waals surface area contributed by atoms with Gasteiger partial charge in [0, 0.05) is 5.69 Å². The van der Waals surface area contributed by atoms with E-state index in [0.29, 0.717) is 11.3 Å². The van der Waals surface area contributed by atoms with Gasteiger partial charge in [0.2, 0.25) is 5.91 Å². The number of anilines is 1. The van der Waals surface area contributed by atoms with Gasteiger partial charge in [-0.3, -0.25) is 9.59 Å². The molecule has 0 spiro atoms. The van der Waals surface area contributed by atoms with Crippen LogP contribution in [0.3, 0.4) is 0 Å². The van der Waals surface area contributed by atoms with Gasteiger partial charge in [0.15, 0.2) is 0 Å². The van der Waals surface area contributed by atoms with Crippen LogP contribution in [0, 0.1) is 11.3 Å². The van der Waals surface area contributed by atoms with Gasteiger partial charge in [0.25, 0.3) is 5.91 Å². The highest BCUT2D eigenvalue weighted by Crippen LogP contribution is 2.24. The summed E-state index contributed by atoms with van der Waals surface area (Å²) in [4.78, 5) is 24.2. The highest BCUT2D eigenvalue weighted by atomic mass is 16.3. The molecule has 26 heavy (non-hydrogen) atoms. The summed E-state index contributed by atoms with van der Waals surface area (Å²) < 4.78 is 0. The molecule has 6 nitrogen and oxygen atoms in total. The second kappa shape index (κ2) is 7.36. The van der Waals surface area contributed by atoms with Crippen molar-refractivity contribution < 1.29 is 14.7 Å². The van der Waals surface area contributed by atoms with Crippen LogP contribution >= 0.6 is 0 Å². The maximum absolute atomic E-state index is 12.3. The van der Waals surface area contributed by atoms with Crippen molar-refractivity contribution >= 4 is 28.3 Å². The Morgan fingerprint density at radius 1 is 1.00 bits per heavy atom. The number of hydrogen-bond acceptors (Lipinski definition) is 4. The van der Waals surface area contributed by atoms with Crippen LogP contribution in [0.5, 0.6) is 5.75 Å². The zero-order chi connectivity index (χ0) is 18.5. The number of nitrogens with zero attached hydrogens (tertiary/aromatic N) is 1. The highest BCUT2D eigenvalue weighted by Gasteiger charge is 2.13. The lowest BCUT2D eigenvalue weighted by Gasteiger charge is -2.09. The molecule has 128 valence electrons. The molecule has 0 saturated carbocycles. The van der Waals surface area contributed by atoms with Gasteiger partial charge in [-0.05, 0) is 41.1 Å². The van der Waals surface area contributed by atoms with Crippen LogP contribution in [0.2, 0.25) is 0 Å². The van der Waals surface area contributed by atoms with Gasteiger partial charge in [0.1, 0.15) is 5.75 Å². The minimum atomic E-state index is -0.547. The van der Waals surface area contributed by atoms with Crippen molar-refractivity contribution in [3.8, 4) is 11.8 Å². The first-order valence-corrected chi connectivity index (χ1v) is 7.87. The van der Waals surface area contributed by atoms with E-state index in [2.05, 4.69) is 10.6 Å². The van der Waals surface area contributed by atoms with Gasteiger partial charge < -0.3 is 15.7 Å². The fraction of sp³-hybridized carbons (Fsp3) is 0.0500. The zero-order valence-corrected chi connectivity index (χ0v) is 13.7. The van der Waals surface area contributed by atoms with E-state index in [1.165, 1.54) is 12.1 Å². The predicted molar refractivity (Wildman–Crippen MR) is 97.7 cm³/mol. The van der Waals surface area contributed by atoms with E-state index in [-0.39, 0.29) is 17.9 Å². The standard InChI is InChI=1S/C20H15N3O3/c21-11-13-4-3-7-16(8-13)23-19(25)12-22-20(26)17-9-14-5-1-2-6-15(14)10-18(17)24/h1-10,24H,12H2,(H,22,26)(H,23,25). The van der Waals surface area contributed by atoms with E-state index in [9.17, 15) is 14.7 Å². The summed E-state index contributed by atoms with van der Waals surface area (Å²) in [5.74, 6) is -1.13. The second-order valence-electron chi connectivity index (χ2n) is 5.64. The molecule has 2 amide bonds. The van der Waals surface area contributed by atoms with Gasteiger partial charge in [-0.25, -0.2) is 0 Å². The third-order valence-corrected chi connectivity index (χ3v) is 3.79. The smallest absolute Gasteiger partial charge is 0.255 e. The van der Waals surface area contributed by atoms with Crippen molar-refractivity contribution in [1.29, 1.82) is 5.26 Å². The lowest BCUT2D eigenvalue weighted by molar-refractivity contribution is -0.115. The number of benzene rings is 3. The molecule has 0 bridgehead atoms. The van der Waals surface area contributed by atoms with Gasteiger partial charge >= 0.3 is 0 Å². The molecule has 3 rings (SSSR count). The van der Waals surface area contributed by atoms with Crippen molar-refractivity contribution in [2.75, 3.05) is 11.9 Å². The Hall–Kier alpha value is -3.85. The van der Waals surface area contributed by atoms with Crippen LogP contribution in [0.25, 0.3) is 10.8 Å². The van der Waals surface area contributed by atoms with E-state index >= 15 is 0 Å². The Balaban J connectivity index is 1.66. The summed E-state index contributed by atoms with van der Waals surface area (Å²) in [5.41, 5.74) is 0.993. The summed E-state index contributed by atoms with van der Waals surface area (Å²) in [6, 6.07) is 18.9. The minimum Gasteiger partial charge on any atom is -0.507 e. The summed E-state index contributed by atoms with van der Waals surface area (Å²) >= 11 is 0. The Bertz CT molecular complexity index is 1040. The molecular formula is C20H15N3O3. The summed E-state index contributed by atoms with van der Waals surface area (Å²) in [5, 5.41) is 25.6. The molecule has 3 aromatic rings. The zero-order valence-electron chi connectivity index (χ0n) is 13.7. The Labute approximate surface area is 149 Å². The fourth-order valence-corrected chi connectivity index (χ4v) is 2.54. The molecule has 0 fully saturated rings. The first kappa shape index (κ1) is 17.0. The number of nitrogens with one attached hydrogen (secondary N) is 2. The molecule has 6 heteroatoms. The Kier molecular flexibility index (Phi) is 4.81. The highest BCUT2D eigenvalue weighted by molar-refractivity contribution is 6.03. The molecule has 3 N–H and O–H groups in total. The third kappa shape index (κ3) is 3.79. The quantitative estimate of drug-likeness (QED) is 0.676. The second-order valence-corrected chi connectivity index (χ2v) is 5.64. The van der Waals surface area contributed by atoms with Crippen molar-refractivity contribution in [2.45, 2.75) is 0 Å². The SMILES string of the molecule is N#Cc1cccc(NC(=O)CNC(=O)c2cc3ccccc3cc2O)c1. The lowest BCUT2D eigenvalue weighted by atomic mass is 10.1. The van der Waals surface area contributed by atoms with Crippen molar-refractivity contribution in [2.24, 2.45) is 0 Å². The molecule has 0 radical (unpaired) electrons. The fourth-order valence-electron chi connectivity index (χ4n) is 2.54. The summed E-state index contributed by atoms with van der Waals surface area (Å²) in [7, 11) is 0. The number of amides is 2. The number of fused-ring (bicyclic) bond motifs is 1. The van der Waals surface area contributed by atoms with Gasteiger partial charge in [0.05, 0.1) is 23.7 Å². The number of phenolic OH excluding ortho intramolecular Hbond substituents is 1. The Morgan fingerprint density at radius 3 is 2.46 bits per heavy atom. The van der Waals surface area contributed by atoms with Crippen molar-refractivity contribution in [3.63, 3.8) is 0 Å². The summed E-state index contributed by atoms with van der Waals surface area (Å²) in [6.07, 6.45) is 0. The number of carbonyl (C=O) groups excluding carboxylic acids is 2. The normalized spacial score (nSPS) is 10.1. The number of rotatable bonds is 4. The molecule has 0 atom stereocenters. The molecule has 0 aromatic heterocycles. The third-order valence-electron chi connectivity index (χ3n) is 3.79. The number of phenols is 1. The number of carbonyl (C=O) groups is 2. The number of nitriles is 1. The number of aromatic hydroxyl groups is 1. The van der Waals surface area contributed by atoms with Crippen LogP contribution in [0.15, 0.2) is 60.7 Å². The maximum Gasteiger partial charge on any atom is 0.255 e. The van der Waals surface area contributed by atoms with Gasteiger partial charge in [-0.1, -0.05) is 30.3 Å². The van der Waals surface area contributed by atoms with Crippen LogP contribution in [0.1, 0.15) is 15.9 Å². The first-order valence-electron chi connectivity index (χ1n) is 7.87. The average molecular weight is 345 g/mol. The van der Waals surface area contributed by atoms with Gasteiger partial charge in [-0.2, -0.15) is 5.26 Å². The van der Waals surface area contributed by atoms with Crippen molar-refractivity contribution in [1.82, 2.24) is 5.32 Å². The Morgan fingerprint density at radius 2 is 1.73 bits per heavy atom. The van der Waals surface area contributed by atoms with E-state index < -0.39 is 11.8 Å². The maximum atomic E-state index is 12.3. The molecule has 0 aliphatic rings. The van der Waals surface area contributed by atoms with Crippen molar-refractivity contribution in [3.05, 3.63) is 71.8 Å². The van der Waals surface area contributed by atoms with Crippen LogP contribution in [-0.4, -0.2) is 23.5 Å². The van der Waals surface area contributed by atoms with E-state index in [0.717, 1.165) is 10.8 Å². The minimum absolute atomic E-state index is 0.1000. The lowest BCUT2D eigenvalue weighted by Crippen LogP contribution is -2.32. The molecule has 3 aromatic carbocycles. The monoisotopic (exact) mass is 345 g/mol. The topological polar surface area (TPSA) is 102 Å². The summed E-state index contributed by atoms with van der Waals surface area (Å²) in [6.45, 7) is -0.262. The van der Waals surface area contributed by atoms with Crippen LogP contribution in [0.4, 0.5) is 5.69 Å². The van der Waals surface area contributed by atoms with E-state index in [1.807, 2.05) is 30.3 Å². The molecule has 0 aliphatic carbocycles. The van der Waals surface area contributed by atoms with Gasteiger partial charge in [-0.15, -0.1) is 0 Å².